The molecule has 1 heterocycles. The first-order chi connectivity index (χ1) is 10.0. The summed E-state index contributed by atoms with van der Waals surface area (Å²) in [5.74, 6) is -0.231. The van der Waals surface area contributed by atoms with Gasteiger partial charge >= 0.3 is 0 Å². The largest absolute Gasteiger partial charge is 0.369 e. The van der Waals surface area contributed by atoms with Crippen LogP contribution in [0.25, 0.3) is 0 Å². The Balaban J connectivity index is 1.74. The summed E-state index contributed by atoms with van der Waals surface area (Å²) in [6, 6.07) is 7.42. The van der Waals surface area contributed by atoms with Crippen LogP contribution >= 0.6 is 11.6 Å². The number of hydrogen-bond donors (Lipinski definition) is 2. The van der Waals surface area contributed by atoms with E-state index in [-0.39, 0.29) is 24.3 Å². The van der Waals surface area contributed by atoms with Crippen LogP contribution in [-0.4, -0.2) is 36.3 Å². The van der Waals surface area contributed by atoms with E-state index in [2.05, 4.69) is 5.32 Å². The molecule has 21 heavy (non-hydrogen) atoms. The number of halogens is 1. The number of piperidine rings is 1. The molecule has 1 aliphatic heterocycles. The molecule has 1 aromatic carbocycles. The van der Waals surface area contributed by atoms with Crippen LogP contribution in [0.2, 0.25) is 5.02 Å². The summed E-state index contributed by atoms with van der Waals surface area (Å²) < 4.78 is 0. The van der Waals surface area contributed by atoms with Gasteiger partial charge in [-0.1, -0.05) is 23.7 Å². The molecule has 0 saturated carbocycles. The van der Waals surface area contributed by atoms with E-state index >= 15 is 0 Å². The summed E-state index contributed by atoms with van der Waals surface area (Å²) in [5.41, 5.74) is 6.20. The Kier molecular flexibility index (Phi) is 5.59. The van der Waals surface area contributed by atoms with E-state index in [0.29, 0.717) is 11.6 Å². The van der Waals surface area contributed by atoms with Crippen molar-refractivity contribution >= 4 is 23.4 Å². The number of amides is 2. The third kappa shape index (κ3) is 5.02. The van der Waals surface area contributed by atoms with Gasteiger partial charge in [0.1, 0.15) is 0 Å². The van der Waals surface area contributed by atoms with E-state index in [1.54, 1.807) is 0 Å². The topological polar surface area (TPSA) is 75.4 Å². The molecular formula is C15H20ClN3O2. The van der Waals surface area contributed by atoms with E-state index < -0.39 is 0 Å². The van der Waals surface area contributed by atoms with Gasteiger partial charge in [0.25, 0.3) is 0 Å². The van der Waals surface area contributed by atoms with Crippen LogP contribution in [0.15, 0.2) is 24.3 Å². The number of benzene rings is 1. The Morgan fingerprint density at radius 3 is 2.43 bits per heavy atom. The molecule has 1 aromatic rings. The van der Waals surface area contributed by atoms with Crippen LogP contribution in [0, 0.1) is 5.92 Å². The maximum atomic E-state index is 12.1. The Bertz CT molecular complexity index is 496. The monoisotopic (exact) mass is 309 g/mol. The summed E-state index contributed by atoms with van der Waals surface area (Å²) in [4.78, 5) is 25.0. The van der Waals surface area contributed by atoms with E-state index in [1.165, 1.54) is 0 Å². The van der Waals surface area contributed by atoms with E-state index in [4.69, 9.17) is 17.3 Å². The molecule has 0 aromatic heterocycles. The van der Waals surface area contributed by atoms with Crippen LogP contribution < -0.4 is 11.1 Å². The number of rotatable bonds is 5. The summed E-state index contributed by atoms with van der Waals surface area (Å²) in [6.45, 7) is 2.26. The van der Waals surface area contributed by atoms with E-state index in [1.807, 2.05) is 29.2 Å². The van der Waals surface area contributed by atoms with Crippen molar-refractivity contribution in [3.05, 3.63) is 34.9 Å². The minimum absolute atomic E-state index is 0.0152. The normalized spacial score (nSPS) is 16.6. The van der Waals surface area contributed by atoms with Crippen LogP contribution in [0.1, 0.15) is 18.4 Å². The minimum Gasteiger partial charge on any atom is -0.369 e. The molecule has 5 nitrogen and oxygen atoms in total. The molecule has 6 heteroatoms. The SMILES string of the molecule is NC(=O)CN1CCC(C(=O)NCc2ccc(Cl)cc2)CC1. The third-order valence-electron chi connectivity index (χ3n) is 3.72. The lowest BCUT2D eigenvalue weighted by Gasteiger charge is -2.30. The molecule has 1 fully saturated rings. The number of carbonyl (C=O) groups excluding carboxylic acids is 2. The number of nitrogens with zero attached hydrogens (tertiary/aromatic N) is 1. The molecule has 0 atom stereocenters. The molecule has 3 N–H and O–H groups in total. The van der Waals surface area contributed by atoms with E-state index in [0.717, 1.165) is 31.5 Å². The predicted molar refractivity (Wildman–Crippen MR) is 81.7 cm³/mol. The number of nitrogens with two attached hydrogens (primary N) is 1. The highest BCUT2D eigenvalue weighted by atomic mass is 35.5. The zero-order valence-corrected chi connectivity index (χ0v) is 12.6. The first-order valence-corrected chi connectivity index (χ1v) is 7.45. The average Bonchev–Trinajstić information content (AvgIpc) is 2.46. The van der Waals surface area contributed by atoms with Crippen LogP contribution in [-0.2, 0) is 16.1 Å². The second-order valence-electron chi connectivity index (χ2n) is 5.36. The number of hydrogen-bond acceptors (Lipinski definition) is 3. The van der Waals surface area contributed by atoms with Gasteiger partial charge < -0.3 is 11.1 Å². The molecular weight excluding hydrogens is 290 g/mol. The molecule has 0 spiro atoms. The smallest absolute Gasteiger partial charge is 0.231 e. The van der Waals surface area contributed by atoms with Crippen LogP contribution in [0.5, 0.6) is 0 Å². The summed E-state index contributed by atoms with van der Waals surface area (Å²) in [5, 5.41) is 3.64. The summed E-state index contributed by atoms with van der Waals surface area (Å²) >= 11 is 5.82. The highest BCUT2D eigenvalue weighted by Crippen LogP contribution is 2.17. The number of likely N-dealkylation sites (tertiary alicyclic amines) is 1. The highest BCUT2D eigenvalue weighted by Gasteiger charge is 2.25. The fourth-order valence-corrected chi connectivity index (χ4v) is 2.64. The first kappa shape index (κ1) is 15.8. The maximum absolute atomic E-state index is 12.1. The van der Waals surface area contributed by atoms with Gasteiger partial charge in [0.05, 0.1) is 6.54 Å². The van der Waals surface area contributed by atoms with Crippen LogP contribution in [0.3, 0.4) is 0 Å². The van der Waals surface area contributed by atoms with Gasteiger partial charge in [-0.25, -0.2) is 0 Å². The second-order valence-corrected chi connectivity index (χ2v) is 5.80. The third-order valence-corrected chi connectivity index (χ3v) is 3.97. The fraction of sp³-hybridized carbons (Fsp3) is 0.467. The molecule has 1 saturated heterocycles. The molecule has 0 unspecified atom stereocenters. The summed E-state index contributed by atoms with van der Waals surface area (Å²) in [6.07, 6.45) is 1.53. The van der Waals surface area contributed by atoms with Crippen molar-refractivity contribution in [2.24, 2.45) is 11.7 Å². The van der Waals surface area contributed by atoms with Gasteiger partial charge in [0.2, 0.25) is 11.8 Å². The van der Waals surface area contributed by atoms with Crippen molar-refractivity contribution in [1.29, 1.82) is 0 Å². The van der Waals surface area contributed by atoms with Gasteiger partial charge in [-0.3, -0.25) is 14.5 Å². The van der Waals surface area contributed by atoms with Crippen molar-refractivity contribution in [2.75, 3.05) is 19.6 Å². The first-order valence-electron chi connectivity index (χ1n) is 7.07. The highest BCUT2D eigenvalue weighted by molar-refractivity contribution is 6.30. The standard InChI is InChI=1S/C15H20ClN3O2/c16-13-3-1-11(2-4-13)9-18-15(21)12-5-7-19(8-6-12)10-14(17)20/h1-4,12H,5-10H2,(H2,17,20)(H,18,21). The van der Waals surface area contributed by atoms with Crippen molar-refractivity contribution in [3.8, 4) is 0 Å². The van der Waals surface area contributed by atoms with Gasteiger partial charge in [0.15, 0.2) is 0 Å². The number of nitrogens with one attached hydrogen (secondary N) is 1. The molecule has 2 rings (SSSR count). The number of carbonyl (C=O) groups is 2. The lowest BCUT2D eigenvalue weighted by Crippen LogP contribution is -2.43. The predicted octanol–water partition coefficient (Wildman–Crippen LogP) is 1.15. The zero-order valence-electron chi connectivity index (χ0n) is 11.8. The average molecular weight is 310 g/mol. The van der Waals surface area contributed by atoms with Crippen molar-refractivity contribution in [2.45, 2.75) is 19.4 Å². The van der Waals surface area contributed by atoms with Gasteiger partial charge in [-0.05, 0) is 43.6 Å². The molecule has 0 radical (unpaired) electrons. The van der Waals surface area contributed by atoms with E-state index in [9.17, 15) is 9.59 Å². The van der Waals surface area contributed by atoms with Crippen LogP contribution in [0.4, 0.5) is 0 Å². The molecule has 1 aliphatic rings. The fourth-order valence-electron chi connectivity index (χ4n) is 2.51. The zero-order chi connectivity index (χ0) is 15.2. The van der Waals surface area contributed by atoms with Gasteiger partial charge in [-0.2, -0.15) is 0 Å². The van der Waals surface area contributed by atoms with Crippen molar-refractivity contribution in [1.82, 2.24) is 10.2 Å². The quantitative estimate of drug-likeness (QED) is 0.857. The molecule has 0 bridgehead atoms. The minimum atomic E-state index is -0.319. The Morgan fingerprint density at radius 1 is 1.24 bits per heavy atom. The Hall–Kier alpha value is -1.59. The van der Waals surface area contributed by atoms with Crippen molar-refractivity contribution < 1.29 is 9.59 Å². The number of primary amides is 1. The van der Waals surface area contributed by atoms with Gasteiger partial charge in [-0.15, -0.1) is 0 Å². The molecule has 2 amide bonds. The molecule has 0 aliphatic carbocycles. The van der Waals surface area contributed by atoms with Gasteiger partial charge in [0, 0.05) is 17.5 Å². The Labute approximate surface area is 129 Å². The Morgan fingerprint density at radius 2 is 1.86 bits per heavy atom. The molecule has 114 valence electrons. The maximum Gasteiger partial charge on any atom is 0.231 e. The summed E-state index contributed by atoms with van der Waals surface area (Å²) in [7, 11) is 0. The second kappa shape index (κ2) is 7.43. The lowest BCUT2D eigenvalue weighted by molar-refractivity contribution is -0.126. The van der Waals surface area contributed by atoms with Crippen molar-refractivity contribution in [3.63, 3.8) is 0 Å². The lowest BCUT2D eigenvalue weighted by atomic mass is 9.96.